The smallest absolute Gasteiger partial charge is 0.328 e. The fraction of sp³-hybridized carbons (Fsp3) is 0.286. The number of para-hydroxylation sites is 1. The maximum absolute atomic E-state index is 12.5. The van der Waals surface area contributed by atoms with Gasteiger partial charge in [0.25, 0.3) is 5.56 Å². The van der Waals surface area contributed by atoms with E-state index in [9.17, 15) is 14.4 Å². The van der Waals surface area contributed by atoms with Gasteiger partial charge < -0.3 is 15.0 Å². The van der Waals surface area contributed by atoms with Crippen molar-refractivity contribution >= 4 is 22.5 Å². The molecule has 2 N–H and O–H groups in total. The molecule has 3 rings (SSSR count). The predicted molar refractivity (Wildman–Crippen MR) is 109 cm³/mol. The van der Waals surface area contributed by atoms with Gasteiger partial charge >= 0.3 is 5.69 Å². The minimum atomic E-state index is -0.523. The number of ether oxygens (including phenoxy) is 1. The van der Waals surface area contributed by atoms with Crippen molar-refractivity contribution < 1.29 is 9.53 Å². The van der Waals surface area contributed by atoms with Gasteiger partial charge in [0.1, 0.15) is 5.75 Å². The SMILES string of the molecule is CCCCOc1ccc(NC(=O)CCn2c(=O)[nH]c3ccccc3c2=O)cc1. The highest BCUT2D eigenvalue weighted by atomic mass is 16.5. The monoisotopic (exact) mass is 381 g/mol. The standard InChI is InChI=1S/C21H23N3O4/c1-2-3-14-28-16-10-8-15(9-11-16)22-19(25)12-13-24-20(26)17-6-4-5-7-18(17)23-21(24)27/h4-11H,2-3,12-14H2,1H3,(H,22,25)(H,23,27). The normalized spacial score (nSPS) is 10.8. The van der Waals surface area contributed by atoms with Gasteiger partial charge in [0.15, 0.2) is 0 Å². The molecule has 0 bridgehead atoms. The van der Waals surface area contributed by atoms with Crippen LogP contribution in [0.1, 0.15) is 26.2 Å². The summed E-state index contributed by atoms with van der Waals surface area (Å²) in [5, 5.41) is 3.18. The summed E-state index contributed by atoms with van der Waals surface area (Å²) in [6.07, 6.45) is 2.07. The van der Waals surface area contributed by atoms with Crippen molar-refractivity contribution in [1.29, 1.82) is 0 Å². The molecule has 7 heteroatoms. The fourth-order valence-electron chi connectivity index (χ4n) is 2.81. The predicted octanol–water partition coefficient (Wildman–Crippen LogP) is 2.90. The Balaban J connectivity index is 1.61. The van der Waals surface area contributed by atoms with Crippen LogP contribution in [-0.2, 0) is 11.3 Å². The van der Waals surface area contributed by atoms with Crippen LogP contribution >= 0.6 is 0 Å². The molecule has 2 aromatic carbocycles. The molecule has 1 heterocycles. The quantitative estimate of drug-likeness (QED) is 0.587. The largest absolute Gasteiger partial charge is 0.494 e. The van der Waals surface area contributed by atoms with Crippen molar-refractivity contribution in [3.05, 3.63) is 69.4 Å². The number of hydrogen-bond donors (Lipinski definition) is 2. The number of H-pyrrole nitrogens is 1. The lowest BCUT2D eigenvalue weighted by Gasteiger charge is -2.09. The van der Waals surface area contributed by atoms with E-state index in [4.69, 9.17) is 4.74 Å². The number of aromatic nitrogens is 2. The van der Waals surface area contributed by atoms with Crippen LogP contribution in [0.3, 0.4) is 0 Å². The average Bonchev–Trinajstić information content (AvgIpc) is 2.69. The third-order valence-electron chi connectivity index (χ3n) is 4.36. The van der Waals surface area contributed by atoms with Crippen LogP contribution < -0.4 is 21.3 Å². The molecule has 0 saturated carbocycles. The third-order valence-corrected chi connectivity index (χ3v) is 4.36. The minimum absolute atomic E-state index is 0.00302. The number of unbranched alkanes of at least 4 members (excludes halogenated alkanes) is 1. The fourth-order valence-corrected chi connectivity index (χ4v) is 2.81. The van der Waals surface area contributed by atoms with Crippen molar-refractivity contribution in [3.8, 4) is 5.75 Å². The Labute approximate surface area is 162 Å². The molecule has 0 aliphatic rings. The Morgan fingerprint density at radius 1 is 1.11 bits per heavy atom. The number of amides is 1. The van der Waals surface area contributed by atoms with Crippen LogP contribution in [0.15, 0.2) is 58.1 Å². The highest BCUT2D eigenvalue weighted by Crippen LogP contribution is 2.16. The third kappa shape index (κ3) is 4.68. The summed E-state index contributed by atoms with van der Waals surface area (Å²) in [5.41, 5.74) is 0.192. The molecule has 0 spiro atoms. The first-order chi connectivity index (χ1) is 13.6. The molecule has 3 aromatic rings. The number of fused-ring (bicyclic) bond motifs is 1. The summed E-state index contributed by atoms with van der Waals surface area (Å²) in [4.78, 5) is 39.5. The second kappa shape index (κ2) is 9.03. The number of hydrogen-bond acceptors (Lipinski definition) is 4. The number of anilines is 1. The summed E-state index contributed by atoms with van der Waals surface area (Å²) >= 11 is 0. The molecular weight excluding hydrogens is 358 g/mol. The van der Waals surface area contributed by atoms with Gasteiger partial charge in [-0.3, -0.25) is 14.2 Å². The van der Waals surface area contributed by atoms with Crippen LogP contribution in [0.4, 0.5) is 5.69 Å². The van der Waals surface area contributed by atoms with Crippen molar-refractivity contribution in [1.82, 2.24) is 9.55 Å². The molecule has 0 aliphatic heterocycles. The van der Waals surface area contributed by atoms with Gasteiger partial charge in [-0.05, 0) is 42.8 Å². The molecule has 146 valence electrons. The van der Waals surface area contributed by atoms with Crippen molar-refractivity contribution in [3.63, 3.8) is 0 Å². The van der Waals surface area contributed by atoms with Gasteiger partial charge in [-0.2, -0.15) is 0 Å². The summed E-state index contributed by atoms with van der Waals surface area (Å²) in [6.45, 7) is 2.77. The zero-order valence-electron chi connectivity index (χ0n) is 15.7. The Morgan fingerprint density at radius 2 is 1.86 bits per heavy atom. The number of nitrogens with one attached hydrogen (secondary N) is 2. The van der Waals surface area contributed by atoms with E-state index in [1.165, 1.54) is 0 Å². The zero-order valence-corrected chi connectivity index (χ0v) is 15.7. The van der Waals surface area contributed by atoms with Crippen molar-refractivity contribution in [2.24, 2.45) is 0 Å². The first kappa shape index (κ1) is 19.4. The van der Waals surface area contributed by atoms with Gasteiger partial charge in [-0.15, -0.1) is 0 Å². The molecule has 0 aliphatic carbocycles. The summed E-state index contributed by atoms with van der Waals surface area (Å²) in [7, 11) is 0. The topological polar surface area (TPSA) is 93.2 Å². The van der Waals surface area contributed by atoms with Crippen LogP contribution in [0, 0.1) is 0 Å². The molecule has 0 unspecified atom stereocenters. The van der Waals surface area contributed by atoms with Crippen molar-refractivity contribution in [2.45, 2.75) is 32.7 Å². The van der Waals surface area contributed by atoms with E-state index in [-0.39, 0.29) is 18.9 Å². The molecule has 1 aromatic heterocycles. The Morgan fingerprint density at radius 3 is 2.61 bits per heavy atom. The molecule has 0 atom stereocenters. The number of carbonyl (C=O) groups excluding carboxylic acids is 1. The van der Waals surface area contributed by atoms with E-state index < -0.39 is 11.2 Å². The Bertz CT molecular complexity index is 1070. The van der Waals surface area contributed by atoms with E-state index in [2.05, 4.69) is 17.2 Å². The minimum Gasteiger partial charge on any atom is -0.494 e. The van der Waals surface area contributed by atoms with Crippen LogP contribution in [-0.4, -0.2) is 22.1 Å². The number of nitrogens with zero attached hydrogens (tertiary/aromatic N) is 1. The highest BCUT2D eigenvalue weighted by Gasteiger charge is 2.09. The van der Waals surface area contributed by atoms with Gasteiger partial charge in [0.05, 0.1) is 17.5 Å². The zero-order chi connectivity index (χ0) is 19.9. The summed E-state index contributed by atoms with van der Waals surface area (Å²) in [6, 6.07) is 13.9. The number of benzene rings is 2. The molecule has 0 radical (unpaired) electrons. The maximum atomic E-state index is 12.5. The van der Waals surface area contributed by atoms with Crippen molar-refractivity contribution in [2.75, 3.05) is 11.9 Å². The number of carbonyl (C=O) groups is 1. The average molecular weight is 381 g/mol. The Kier molecular flexibility index (Phi) is 6.26. The van der Waals surface area contributed by atoms with Gasteiger partial charge in [0.2, 0.25) is 5.91 Å². The second-order valence-electron chi connectivity index (χ2n) is 6.46. The highest BCUT2D eigenvalue weighted by molar-refractivity contribution is 5.90. The van der Waals surface area contributed by atoms with E-state index in [1.807, 2.05) is 0 Å². The van der Waals surface area contributed by atoms with E-state index >= 15 is 0 Å². The number of rotatable bonds is 8. The summed E-state index contributed by atoms with van der Waals surface area (Å²) in [5.74, 6) is 0.472. The summed E-state index contributed by atoms with van der Waals surface area (Å²) < 4.78 is 6.63. The molecule has 1 amide bonds. The Hall–Kier alpha value is -3.35. The molecule has 0 saturated heterocycles. The van der Waals surface area contributed by atoms with Gasteiger partial charge in [-0.25, -0.2) is 4.79 Å². The lowest BCUT2D eigenvalue weighted by molar-refractivity contribution is -0.116. The van der Waals surface area contributed by atoms with Crippen LogP contribution in [0.25, 0.3) is 10.9 Å². The first-order valence-electron chi connectivity index (χ1n) is 9.33. The van der Waals surface area contributed by atoms with Crippen LogP contribution in [0.5, 0.6) is 5.75 Å². The van der Waals surface area contributed by atoms with E-state index in [1.54, 1.807) is 48.5 Å². The maximum Gasteiger partial charge on any atom is 0.328 e. The number of aromatic amines is 1. The second-order valence-corrected chi connectivity index (χ2v) is 6.46. The molecule has 0 fully saturated rings. The molecular formula is C21H23N3O4. The molecule has 28 heavy (non-hydrogen) atoms. The lowest BCUT2D eigenvalue weighted by atomic mass is 10.2. The van der Waals surface area contributed by atoms with E-state index in [0.29, 0.717) is 23.2 Å². The lowest BCUT2D eigenvalue weighted by Crippen LogP contribution is -2.36. The van der Waals surface area contributed by atoms with Gasteiger partial charge in [0, 0.05) is 18.7 Å². The van der Waals surface area contributed by atoms with E-state index in [0.717, 1.165) is 23.2 Å². The first-order valence-corrected chi connectivity index (χ1v) is 9.33. The molecule has 7 nitrogen and oxygen atoms in total. The van der Waals surface area contributed by atoms with Crippen LogP contribution in [0.2, 0.25) is 0 Å². The van der Waals surface area contributed by atoms with Gasteiger partial charge in [-0.1, -0.05) is 25.5 Å².